The SMILES string of the molecule is COc1ccccc1CON=Cc1ccccc1C(F)(F)F. The van der Waals surface area contributed by atoms with Gasteiger partial charge in [0.15, 0.2) is 0 Å². The zero-order valence-electron chi connectivity index (χ0n) is 11.8. The molecule has 0 heterocycles. The number of hydrogen-bond acceptors (Lipinski definition) is 3. The van der Waals surface area contributed by atoms with Gasteiger partial charge in [-0.25, -0.2) is 0 Å². The Morgan fingerprint density at radius 1 is 1.05 bits per heavy atom. The van der Waals surface area contributed by atoms with Crippen LogP contribution < -0.4 is 4.74 Å². The van der Waals surface area contributed by atoms with E-state index in [1.165, 1.54) is 25.3 Å². The van der Waals surface area contributed by atoms with Gasteiger partial charge < -0.3 is 9.57 Å². The Morgan fingerprint density at radius 2 is 1.73 bits per heavy atom. The lowest BCUT2D eigenvalue weighted by Crippen LogP contribution is -2.08. The quantitative estimate of drug-likeness (QED) is 0.610. The lowest BCUT2D eigenvalue weighted by molar-refractivity contribution is -0.137. The maximum Gasteiger partial charge on any atom is 0.417 e. The van der Waals surface area contributed by atoms with Gasteiger partial charge in [0.05, 0.1) is 18.9 Å². The van der Waals surface area contributed by atoms with E-state index < -0.39 is 11.7 Å². The molecule has 0 aromatic heterocycles. The Hall–Kier alpha value is -2.50. The van der Waals surface area contributed by atoms with Gasteiger partial charge in [-0.3, -0.25) is 0 Å². The minimum Gasteiger partial charge on any atom is -0.496 e. The summed E-state index contributed by atoms with van der Waals surface area (Å²) in [5.41, 5.74) is -0.0408. The Kier molecular flexibility index (Phi) is 5.04. The minimum absolute atomic E-state index is 0.0463. The van der Waals surface area contributed by atoms with Crippen LogP contribution >= 0.6 is 0 Å². The first kappa shape index (κ1) is 15.9. The second kappa shape index (κ2) is 6.98. The summed E-state index contributed by atoms with van der Waals surface area (Å²) in [6.45, 7) is 0.106. The van der Waals surface area contributed by atoms with Gasteiger partial charge in [-0.1, -0.05) is 41.6 Å². The average Bonchev–Trinajstić information content (AvgIpc) is 2.51. The third-order valence-corrected chi connectivity index (χ3v) is 2.95. The van der Waals surface area contributed by atoms with Gasteiger partial charge >= 0.3 is 6.18 Å². The Balaban J connectivity index is 2.05. The predicted octanol–water partition coefficient (Wildman–Crippen LogP) is 4.26. The summed E-state index contributed by atoms with van der Waals surface area (Å²) in [7, 11) is 1.53. The van der Waals surface area contributed by atoms with Crippen molar-refractivity contribution in [2.24, 2.45) is 5.16 Å². The fourth-order valence-corrected chi connectivity index (χ4v) is 1.89. The first-order chi connectivity index (χ1) is 10.5. The van der Waals surface area contributed by atoms with E-state index in [4.69, 9.17) is 9.57 Å². The van der Waals surface area contributed by atoms with Gasteiger partial charge in [-0.05, 0) is 12.1 Å². The van der Waals surface area contributed by atoms with Crippen molar-refractivity contribution in [1.29, 1.82) is 0 Å². The topological polar surface area (TPSA) is 30.8 Å². The van der Waals surface area contributed by atoms with Crippen LogP contribution in [0.3, 0.4) is 0 Å². The van der Waals surface area contributed by atoms with Crippen molar-refractivity contribution >= 4 is 6.21 Å². The van der Waals surface area contributed by atoms with E-state index in [2.05, 4.69) is 5.16 Å². The molecule has 0 radical (unpaired) electrons. The van der Waals surface area contributed by atoms with Crippen molar-refractivity contribution in [3.63, 3.8) is 0 Å². The summed E-state index contributed by atoms with van der Waals surface area (Å²) >= 11 is 0. The van der Waals surface area contributed by atoms with E-state index in [-0.39, 0.29) is 12.2 Å². The van der Waals surface area contributed by atoms with E-state index in [0.29, 0.717) is 5.75 Å². The van der Waals surface area contributed by atoms with Crippen LogP contribution in [-0.4, -0.2) is 13.3 Å². The van der Waals surface area contributed by atoms with E-state index in [1.54, 1.807) is 12.1 Å². The monoisotopic (exact) mass is 309 g/mol. The maximum atomic E-state index is 12.8. The second-order valence-corrected chi connectivity index (χ2v) is 4.40. The fraction of sp³-hybridized carbons (Fsp3) is 0.188. The van der Waals surface area contributed by atoms with Crippen molar-refractivity contribution in [3.05, 3.63) is 65.2 Å². The zero-order valence-corrected chi connectivity index (χ0v) is 11.8. The zero-order chi connectivity index (χ0) is 16.0. The molecule has 3 nitrogen and oxygen atoms in total. The molecule has 22 heavy (non-hydrogen) atoms. The van der Waals surface area contributed by atoms with Crippen molar-refractivity contribution in [3.8, 4) is 5.75 Å². The van der Waals surface area contributed by atoms with Crippen LogP contribution in [0.5, 0.6) is 5.75 Å². The standard InChI is InChI=1S/C16H14F3NO2/c1-21-15-9-5-3-7-13(15)11-22-20-10-12-6-2-4-8-14(12)16(17,18)19/h2-10H,11H2,1H3. The van der Waals surface area contributed by atoms with E-state index >= 15 is 0 Å². The van der Waals surface area contributed by atoms with Crippen molar-refractivity contribution in [2.45, 2.75) is 12.8 Å². The van der Waals surface area contributed by atoms with Crippen LogP contribution in [0.4, 0.5) is 13.2 Å². The molecule has 0 saturated heterocycles. The number of benzene rings is 2. The van der Waals surface area contributed by atoms with Crippen LogP contribution in [0.1, 0.15) is 16.7 Å². The molecule has 0 aliphatic carbocycles. The number of ether oxygens (including phenoxy) is 1. The highest BCUT2D eigenvalue weighted by Gasteiger charge is 2.32. The molecule has 6 heteroatoms. The number of nitrogens with zero attached hydrogens (tertiary/aromatic N) is 1. The minimum atomic E-state index is -4.43. The maximum absolute atomic E-state index is 12.8. The molecule has 0 bridgehead atoms. The number of methoxy groups -OCH3 is 1. The first-order valence-electron chi connectivity index (χ1n) is 6.46. The normalized spacial score (nSPS) is 11.6. The number of halogens is 3. The lowest BCUT2D eigenvalue weighted by Gasteiger charge is -2.09. The Bertz CT molecular complexity index is 654. The second-order valence-electron chi connectivity index (χ2n) is 4.40. The smallest absolute Gasteiger partial charge is 0.417 e. The number of para-hydroxylation sites is 1. The van der Waals surface area contributed by atoms with Crippen LogP contribution in [0, 0.1) is 0 Å². The van der Waals surface area contributed by atoms with Crippen molar-refractivity contribution in [1.82, 2.24) is 0 Å². The van der Waals surface area contributed by atoms with Gasteiger partial charge in [-0.2, -0.15) is 13.2 Å². The summed E-state index contributed by atoms with van der Waals surface area (Å²) in [6, 6.07) is 12.3. The lowest BCUT2D eigenvalue weighted by atomic mass is 10.1. The number of rotatable bonds is 5. The number of hydrogen-bond donors (Lipinski definition) is 0. The van der Waals surface area contributed by atoms with Gasteiger partial charge in [0, 0.05) is 11.1 Å². The molecule has 0 aliphatic heterocycles. The molecule has 0 amide bonds. The molecule has 0 unspecified atom stereocenters. The highest BCUT2D eigenvalue weighted by atomic mass is 19.4. The van der Waals surface area contributed by atoms with Crippen LogP contribution in [0.15, 0.2) is 53.7 Å². The van der Waals surface area contributed by atoms with Gasteiger partial charge in [0.2, 0.25) is 0 Å². The van der Waals surface area contributed by atoms with Crippen molar-refractivity contribution in [2.75, 3.05) is 7.11 Å². The van der Waals surface area contributed by atoms with E-state index in [9.17, 15) is 13.2 Å². The molecule has 116 valence electrons. The highest BCUT2D eigenvalue weighted by Crippen LogP contribution is 2.31. The van der Waals surface area contributed by atoms with E-state index in [0.717, 1.165) is 17.8 Å². The molecule has 0 atom stereocenters. The molecule has 0 spiro atoms. The summed E-state index contributed by atoms with van der Waals surface area (Å²) in [4.78, 5) is 5.06. The molecule has 0 N–H and O–H groups in total. The first-order valence-corrected chi connectivity index (χ1v) is 6.46. The van der Waals surface area contributed by atoms with Gasteiger partial charge in [-0.15, -0.1) is 0 Å². The Morgan fingerprint density at radius 3 is 2.45 bits per heavy atom. The van der Waals surface area contributed by atoms with Crippen LogP contribution in [0.2, 0.25) is 0 Å². The molecular weight excluding hydrogens is 295 g/mol. The molecule has 2 rings (SSSR count). The molecule has 0 saturated carbocycles. The number of alkyl halides is 3. The van der Waals surface area contributed by atoms with E-state index in [1.807, 2.05) is 12.1 Å². The summed E-state index contributed by atoms with van der Waals surface area (Å²) < 4.78 is 43.6. The van der Waals surface area contributed by atoms with Crippen LogP contribution in [0.25, 0.3) is 0 Å². The van der Waals surface area contributed by atoms with Gasteiger partial charge in [0.1, 0.15) is 12.4 Å². The Labute approximate surface area is 126 Å². The predicted molar refractivity (Wildman–Crippen MR) is 76.8 cm³/mol. The number of oxime groups is 1. The summed E-state index contributed by atoms with van der Waals surface area (Å²) in [6.07, 6.45) is -3.37. The fourth-order valence-electron chi connectivity index (χ4n) is 1.89. The van der Waals surface area contributed by atoms with Gasteiger partial charge in [0.25, 0.3) is 0 Å². The highest BCUT2D eigenvalue weighted by molar-refractivity contribution is 5.81. The largest absolute Gasteiger partial charge is 0.496 e. The molecule has 0 aliphatic rings. The molecule has 2 aromatic carbocycles. The molecule has 0 fully saturated rings. The third kappa shape index (κ3) is 4.00. The molecule has 2 aromatic rings. The molecular formula is C16H14F3NO2. The van der Waals surface area contributed by atoms with Crippen LogP contribution in [-0.2, 0) is 17.6 Å². The average molecular weight is 309 g/mol. The summed E-state index contributed by atoms with van der Waals surface area (Å²) in [5.74, 6) is 0.633. The summed E-state index contributed by atoms with van der Waals surface area (Å²) in [5, 5.41) is 3.61. The van der Waals surface area contributed by atoms with Crippen molar-refractivity contribution < 1.29 is 22.7 Å². The third-order valence-electron chi connectivity index (χ3n) is 2.95.